The lowest BCUT2D eigenvalue weighted by atomic mass is 9.83. The molecule has 20 heavy (non-hydrogen) atoms. The first kappa shape index (κ1) is 17.1. The third-order valence-electron chi connectivity index (χ3n) is 4.15. The first-order valence-corrected chi connectivity index (χ1v) is 7.20. The van der Waals surface area contributed by atoms with E-state index in [1.165, 1.54) is 0 Å². The van der Waals surface area contributed by atoms with Crippen LogP contribution in [-0.2, 0) is 4.74 Å². The summed E-state index contributed by atoms with van der Waals surface area (Å²) >= 11 is 0. The summed E-state index contributed by atoms with van der Waals surface area (Å²) in [7, 11) is 1.62. The van der Waals surface area contributed by atoms with Crippen molar-refractivity contribution in [2.75, 3.05) is 13.7 Å². The summed E-state index contributed by atoms with van der Waals surface area (Å²) in [6.07, 6.45) is 1.43. The molecule has 0 amide bonds. The van der Waals surface area contributed by atoms with Gasteiger partial charge in [-0.1, -0.05) is 32.9 Å². The van der Waals surface area contributed by atoms with E-state index < -0.39 is 17.2 Å². The smallest absolute Gasteiger partial charge is 0.163 e. The van der Waals surface area contributed by atoms with Crippen molar-refractivity contribution in [2.45, 2.75) is 52.2 Å². The maximum absolute atomic E-state index is 14.3. The number of likely N-dealkylation sites (N-methyl/N-ethyl adjacent to an activating group) is 1. The van der Waals surface area contributed by atoms with Crippen LogP contribution >= 0.6 is 0 Å². The van der Waals surface area contributed by atoms with Gasteiger partial charge in [-0.15, -0.1) is 0 Å². The van der Waals surface area contributed by atoms with E-state index in [1.54, 1.807) is 26.2 Å². The zero-order valence-electron chi connectivity index (χ0n) is 13.0. The molecule has 1 N–H and O–H groups in total. The molecule has 0 aliphatic heterocycles. The van der Waals surface area contributed by atoms with Gasteiger partial charge < -0.3 is 10.1 Å². The Labute approximate surface area is 120 Å². The number of methoxy groups -OCH3 is 1. The summed E-state index contributed by atoms with van der Waals surface area (Å²) < 4.78 is 33.8. The van der Waals surface area contributed by atoms with Gasteiger partial charge in [0.25, 0.3) is 0 Å². The average Bonchev–Trinajstić information content (AvgIpc) is 2.47. The van der Waals surface area contributed by atoms with Gasteiger partial charge in [0.1, 0.15) is 0 Å². The summed E-state index contributed by atoms with van der Waals surface area (Å²) in [6.45, 7) is 8.17. The van der Waals surface area contributed by atoms with Crippen LogP contribution in [0.25, 0.3) is 0 Å². The van der Waals surface area contributed by atoms with E-state index in [9.17, 15) is 8.78 Å². The number of hydrogen-bond donors (Lipinski definition) is 1. The SMILES string of the molecule is CCNC(c1ccc(C)c(F)c1F)C(CC)(CC)OC. The molecule has 0 saturated carbocycles. The first-order chi connectivity index (χ1) is 9.47. The van der Waals surface area contributed by atoms with Gasteiger partial charge in [-0.2, -0.15) is 0 Å². The van der Waals surface area contributed by atoms with Gasteiger partial charge in [0.2, 0.25) is 0 Å². The fraction of sp³-hybridized carbons (Fsp3) is 0.625. The molecule has 0 radical (unpaired) electrons. The lowest BCUT2D eigenvalue weighted by Crippen LogP contribution is -2.45. The van der Waals surface area contributed by atoms with Gasteiger partial charge in [-0.25, -0.2) is 8.78 Å². The molecule has 0 bridgehead atoms. The van der Waals surface area contributed by atoms with Crippen LogP contribution in [0.1, 0.15) is 50.8 Å². The van der Waals surface area contributed by atoms with Gasteiger partial charge in [-0.05, 0) is 31.9 Å². The second-order valence-corrected chi connectivity index (χ2v) is 5.07. The molecular formula is C16H25F2NO. The van der Waals surface area contributed by atoms with Crippen LogP contribution in [0.3, 0.4) is 0 Å². The number of nitrogens with one attached hydrogen (secondary N) is 1. The van der Waals surface area contributed by atoms with Gasteiger partial charge in [-0.3, -0.25) is 0 Å². The van der Waals surface area contributed by atoms with Crippen LogP contribution in [0.15, 0.2) is 12.1 Å². The molecule has 0 aliphatic carbocycles. The minimum atomic E-state index is -0.778. The molecule has 1 atom stereocenters. The Morgan fingerprint density at radius 3 is 2.20 bits per heavy atom. The van der Waals surface area contributed by atoms with Crippen LogP contribution < -0.4 is 5.32 Å². The highest BCUT2D eigenvalue weighted by atomic mass is 19.2. The van der Waals surface area contributed by atoms with Crippen molar-refractivity contribution in [3.05, 3.63) is 34.9 Å². The van der Waals surface area contributed by atoms with Crippen LogP contribution in [0.2, 0.25) is 0 Å². The molecule has 2 nitrogen and oxygen atoms in total. The number of benzene rings is 1. The fourth-order valence-corrected chi connectivity index (χ4v) is 2.73. The number of ether oxygens (including phenoxy) is 1. The molecule has 4 heteroatoms. The molecular weight excluding hydrogens is 260 g/mol. The van der Waals surface area contributed by atoms with Crippen molar-refractivity contribution >= 4 is 0 Å². The van der Waals surface area contributed by atoms with Crippen LogP contribution in [0.4, 0.5) is 8.78 Å². The second kappa shape index (κ2) is 7.14. The monoisotopic (exact) mass is 285 g/mol. The third-order valence-corrected chi connectivity index (χ3v) is 4.15. The van der Waals surface area contributed by atoms with E-state index >= 15 is 0 Å². The van der Waals surface area contributed by atoms with E-state index in [1.807, 2.05) is 20.8 Å². The Bertz CT molecular complexity index is 436. The highest BCUT2D eigenvalue weighted by Gasteiger charge is 2.38. The van der Waals surface area contributed by atoms with E-state index in [0.29, 0.717) is 30.5 Å². The average molecular weight is 285 g/mol. The quantitative estimate of drug-likeness (QED) is 0.813. The Kier molecular flexibility index (Phi) is 6.08. The molecule has 1 unspecified atom stereocenters. The maximum Gasteiger partial charge on any atom is 0.163 e. The van der Waals surface area contributed by atoms with E-state index in [0.717, 1.165) is 0 Å². The molecule has 1 aromatic rings. The predicted molar refractivity (Wildman–Crippen MR) is 77.8 cm³/mol. The van der Waals surface area contributed by atoms with Crippen LogP contribution in [0, 0.1) is 18.6 Å². The predicted octanol–water partition coefficient (Wildman–Crippen LogP) is 4.13. The Hall–Kier alpha value is -1.00. The minimum Gasteiger partial charge on any atom is -0.376 e. The first-order valence-electron chi connectivity index (χ1n) is 7.20. The molecule has 1 aromatic carbocycles. The van der Waals surface area contributed by atoms with Crippen molar-refractivity contribution in [1.82, 2.24) is 5.32 Å². The van der Waals surface area contributed by atoms with Crippen LogP contribution in [0.5, 0.6) is 0 Å². The normalized spacial score (nSPS) is 13.6. The van der Waals surface area contributed by atoms with Crippen molar-refractivity contribution < 1.29 is 13.5 Å². The van der Waals surface area contributed by atoms with Crippen LogP contribution in [-0.4, -0.2) is 19.3 Å². The van der Waals surface area contributed by atoms with E-state index in [2.05, 4.69) is 5.32 Å². The summed E-state index contributed by atoms with van der Waals surface area (Å²) in [5, 5.41) is 3.25. The molecule has 1 rings (SSSR count). The lowest BCUT2D eigenvalue weighted by Gasteiger charge is -2.39. The lowest BCUT2D eigenvalue weighted by molar-refractivity contribution is -0.0491. The molecule has 0 heterocycles. The largest absolute Gasteiger partial charge is 0.376 e. The number of aryl methyl sites for hydroxylation is 1. The standard InChI is InChI=1S/C16H25F2NO/c1-6-16(7-2,20-5)15(19-8-3)12-10-9-11(4)13(17)14(12)18/h9-10,15,19H,6-8H2,1-5H3. The van der Waals surface area contributed by atoms with Crippen molar-refractivity contribution in [3.8, 4) is 0 Å². The van der Waals surface area contributed by atoms with Gasteiger partial charge >= 0.3 is 0 Å². The number of halogens is 2. The number of hydrogen-bond acceptors (Lipinski definition) is 2. The van der Waals surface area contributed by atoms with Gasteiger partial charge in [0.05, 0.1) is 11.6 Å². The Balaban J connectivity index is 3.37. The van der Waals surface area contributed by atoms with Crippen molar-refractivity contribution in [3.63, 3.8) is 0 Å². The maximum atomic E-state index is 14.3. The fourth-order valence-electron chi connectivity index (χ4n) is 2.73. The van der Waals surface area contributed by atoms with E-state index in [4.69, 9.17) is 4.74 Å². The highest BCUT2D eigenvalue weighted by Crippen LogP contribution is 2.36. The third kappa shape index (κ3) is 3.01. The van der Waals surface area contributed by atoms with Crippen molar-refractivity contribution in [2.24, 2.45) is 0 Å². The minimum absolute atomic E-state index is 0.317. The summed E-state index contributed by atoms with van der Waals surface area (Å²) in [5.74, 6) is -1.55. The molecule has 114 valence electrons. The molecule has 0 aromatic heterocycles. The molecule has 0 spiro atoms. The van der Waals surface area contributed by atoms with Gasteiger partial charge in [0.15, 0.2) is 11.6 Å². The molecule has 0 aliphatic rings. The zero-order chi connectivity index (χ0) is 15.3. The number of rotatable bonds is 7. The Morgan fingerprint density at radius 2 is 1.75 bits per heavy atom. The topological polar surface area (TPSA) is 21.3 Å². The summed E-state index contributed by atoms with van der Waals surface area (Å²) in [6, 6.07) is 2.90. The summed E-state index contributed by atoms with van der Waals surface area (Å²) in [5.41, 5.74) is 0.108. The molecule has 0 fully saturated rings. The zero-order valence-corrected chi connectivity index (χ0v) is 13.0. The Morgan fingerprint density at radius 1 is 1.15 bits per heavy atom. The molecule has 0 saturated heterocycles. The van der Waals surface area contributed by atoms with Gasteiger partial charge in [0, 0.05) is 12.7 Å². The highest BCUT2D eigenvalue weighted by molar-refractivity contribution is 5.30. The second-order valence-electron chi connectivity index (χ2n) is 5.07. The van der Waals surface area contributed by atoms with E-state index in [-0.39, 0.29) is 6.04 Å². The van der Waals surface area contributed by atoms with Crippen molar-refractivity contribution in [1.29, 1.82) is 0 Å². The summed E-state index contributed by atoms with van der Waals surface area (Å²) in [4.78, 5) is 0.